The second-order valence-corrected chi connectivity index (χ2v) is 8.75. The molecule has 0 aliphatic rings. The summed E-state index contributed by atoms with van der Waals surface area (Å²) in [5.41, 5.74) is 18.4. The Balaban J connectivity index is 1.95. The molecule has 0 saturated heterocycles. The molecule has 1 aromatic heterocycles. The monoisotopic (exact) mass is 526 g/mol. The molecule has 0 aliphatic heterocycles. The molecule has 3 amide bonds. The molecule has 0 spiro atoms. The van der Waals surface area contributed by atoms with Crippen molar-refractivity contribution in [2.24, 2.45) is 22.2 Å². The van der Waals surface area contributed by atoms with E-state index in [1.54, 1.807) is 23.2 Å². The van der Waals surface area contributed by atoms with E-state index in [1.807, 2.05) is 25.1 Å². The molecule has 2 atom stereocenters. The van der Waals surface area contributed by atoms with Crippen LogP contribution in [-0.4, -0.2) is 76.9 Å². The summed E-state index contributed by atoms with van der Waals surface area (Å²) in [5.74, 6) is -1.23. The lowest BCUT2D eigenvalue weighted by Crippen LogP contribution is -2.53. The number of nitrogens with zero attached hydrogens (tertiary/aromatic N) is 3. The van der Waals surface area contributed by atoms with Gasteiger partial charge in [-0.2, -0.15) is 0 Å². The fraction of sp³-hybridized carbons (Fsp3) is 0.423. The van der Waals surface area contributed by atoms with Crippen LogP contribution in [0.5, 0.6) is 5.75 Å². The maximum atomic E-state index is 13.0. The minimum absolute atomic E-state index is 0.0677. The maximum Gasteiger partial charge on any atom is 0.243 e. The lowest BCUT2D eigenvalue weighted by Gasteiger charge is -2.23. The van der Waals surface area contributed by atoms with Gasteiger partial charge < -0.3 is 37.8 Å². The minimum Gasteiger partial charge on any atom is -0.508 e. The molecule has 206 valence electrons. The number of nitrogens with one attached hydrogen (secondary N) is 2. The van der Waals surface area contributed by atoms with Crippen molar-refractivity contribution < 1.29 is 19.5 Å². The predicted molar refractivity (Wildman–Crippen MR) is 145 cm³/mol. The van der Waals surface area contributed by atoms with Gasteiger partial charge >= 0.3 is 0 Å². The Morgan fingerprint density at radius 1 is 1.11 bits per heavy atom. The minimum atomic E-state index is -0.932. The van der Waals surface area contributed by atoms with Crippen LogP contribution in [0, 0.1) is 0 Å². The summed E-state index contributed by atoms with van der Waals surface area (Å²) >= 11 is 0. The van der Waals surface area contributed by atoms with Gasteiger partial charge in [0.25, 0.3) is 0 Å². The first-order chi connectivity index (χ1) is 18.2. The standard InChI is InChI=1S/C26H38N8O4/c1-2-34(15-12-19-6-3-4-13-30-19)23(36)17-32-25(38)22(7-5-14-31-26(28)29)33-24(37)21(27)16-18-8-10-20(35)11-9-18/h3-4,6,8-11,13,21-22,35H,2,5,7,12,14-17,27H2,1H3,(H,32,38)(H,33,37)(H4,28,29,31)/t21-,22+/m0/s1. The Bertz CT molecular complexity index is 1060. The van der Waals surface area contributed by atoms with Crippen LogP contribution in [0.15, 0.2) is 53.7 Å². The molecule has 9 N–H and O–H groups in total. The molecule has 12 heteroatoms. The van der Waals surface area contributed by atoms with Crippen LogP contribution in [0.1, 0.15) is 31.0 Å². The maximum absolute atomic E-state index is 13.0. The zero-order valence-corrected chi connectivity index (χ0v) is 21.7. The summed E-state index contributed by atoms with van der Waals surface area (Å²) in [4.78, 5) is 48.3. The van der Waals surface area contributed by atoms with E-state index in [-0.39, 0.29) is 43.5 Å². The molecule has 0 saturated carbocycles. The molecule has 0 unspecified atom stereocenters. The number of carbonyl (C=O) groups excluding carboxylic acids is 3. The van der Waals surface area contributed by atoms with E-state index in [0.717, 1.165) is 11.3 Å². The number of guanidine groups is 1. The van der Waals surface area contributed by atoms with Gasteiger partial charge in [0.2, 0.25) is 17.7 Å². The van der Waals surface area contributed by atoms with Crippen molar-refractivity contribution >= 4 is 23.7 Å². The number of amides is 3. The van der Waals surface area contributed by atoms with Crippen molar-refractivity contribution in [1.29, 1.82) is 0 Å². The number of rotatable bonds is 15. The summed E-state index contributed by atoms with van der Waals surface area (Å²) in [7, 11) is 0. The second-order valence-electron chi connectivity index (χ2n) is 8.75. The van der Waals surface area contributed by atoms with Gasteiger partial charge in [0, 0.05) is 37.9 Å². The van der Waals surface area contributed by atoms with Gasteiger partial charge in [-0.1, -0.05) is 18.2 Å². The van der Waals surface area contributed by atoms with Gasteiger partial charge in [-0.25, -0.2) is 0 Å². The summed E-state index contributed by atoms with van der Waals surface area (Å²) in [6.07, 6.45) is 3.17. The number of pyridine rings is 1. The fourth-order valence-corrected chi connectivity index (χ4v) is 3.68. The molecule has 12 nitrogen and oxygen atoms in total. The number of carbonyl (C=O) groups is 3. The van der Waals surface area contributed by atoms with Crippen LogP contribution < -0.4 is 27.8 Å². The Morgan fingerprint density at radius 2 is 1.84 bits per heavy atom. The number of phenolic OH excluding ortho intramolecular Hbond substituents is 1. The fourth-order valence-electron chi connectivity index (χ4n) is 3.68. The van der Waals surface area contributed by atoms with Crippen molar-refractivity contribution in [3.8, 4) is 5.75 Å². The number of hydrogen-bond acceptors (Lipinski definition) is 7. The number of phenols is 1. The number of benzene rings is 1. The van der Waals surface area contributed by atoms with Gasteiger partial charge in [-0.3, -0.25) is 24.4 Å². The summed E-state index contributed by atoms with van der Waals surface area (Å²) < 4.78 is 0. The van der Waals surface area contributed by atoms with Crippen LogP contribution in [0.25, 0.3) is 0 Å². The number of likely N-dealkylation sites (N-methyl/N-ethyl adjacent to an activating group) is 1. The van der Waals surface area contributed by atoms with E-state index >= 15 is 0 Å². The zero-order valence-electron chi connectivity index (χ0n) is 21.7. The zero-order chi connectivity index (χ0) is 27.9. The molecular weight excluding hydrogens is 488 g/mol. The van der Waals surface area contributed by atoms with E-state index in [4.69, 9.17) is 17.2 Å². The second kappa shape index (κ2) is 15.8. The molecule has 2 aromatic rings. The highest BCUT2D eigenvalue weighted by molar-refractivity contribution is 5.91. The van der Waals surface area contributed by atoms with E-state index in [9.17, 15) is 19.5 Å². The molecule has 2 rings (SSSR count). The average molecular weight is 527 g/mol. The Labute approximate surface area is 222 Å². The third-order valence-corrected chi connectivity index (χ3v) is 5.82. The van der Waals surface area contributed by atoms with Crippen molar-refractivity contribution in [1.82, 2.24) is 20.5 Å². The first-order valence-corrected chi connectivity index (χ1v) is 12.5. The van der Waals surface area contributed by atoms with Crippen LogP contribution >= 0.6 is 0 Å². The molecule has 38 heavy (non-hydrogen) atoms. The van der Waals surface area contributed by atoms with E-state index < -0.39 is 23.9 Å². The van der Waals surface area contributed by atoms with Gasteiger partial charge in [0.15, 0.2) is 5.96 Å². The topological polar surface area (TPSA) is 202 Å². The Kier molecular flexibility index (Phi) is 12.5. The van der Waals surface area contributed by atoms with Crippen LogP contribution in [0.4, 0.5) is 0 Å². The lowest BCUT2D eigenvalue weighted by molar-refractivity contribution is -0.134. The molecule has 1 aromatic carbocycles. The lowest BCUT2D eigenvalue weighted by atomic mass is 10.0. The van der Waals surface area contributed by atoms with Crippen molar-refractivity contribution in [3.05, 3.63) is 59.9 Å². The van der Waals surface area contributed by atoms with E-state index in [0.29, 0.717) is 25.9 Å². The number of nitrogens with two attached hydrogens (primary N) is 3. The number of aromatic hydroxyl groups is 1. The smallest absolute Gasteiger partial charge is 0.243 e. The van der Waals surface area contributed by atoms with Crippen molar-refractivity contribution in [3.63, 3.8) is 0 Å². The van der Waals surface area contributed by atoms with Gasteiger partial charge in [-0.15, -0.1) is 0 Å². The van der Waals surface area contributed by atoms with Crippen molar-refractivity contribution in [2.75, 3.05) is 26.2 Å². The average Bonchev–Trinajstić information content (AvgIpc) is 2.90. The summed E-state index contributed by atoms with van der Waals surface area (Å²) in [5, 5.41) is 14.7. The number of hydrogen-bond donors (Lipinski definition) is 6. The van der Waals surface area contributed by atoms with Gasteiger partial charge in [-0.05, 0) is 56.0 Å². The highest BCUT2D eigenvalue weighted by Gasteiger charge is 2.24. The number of aromatic nitrogens is 1. The first kappa shape index (κ1) is 30.0. The quantitative estimate of drug-likeness (QED) is 0.100. The predicted octanol–water partition coefficient (Wildman–Crippen LogP) is -0.597. The molecule has 1 heterocycles. The third kappa shape index (κ3) is 10.8. The highest BCUT2D eigenvalue weighted by atomic mass is 16.3. The Hall–Kier alpha value is -4.19. The van der Waals surface area contributed by atoms with Gasteiger partial charge in [0.05, 0.1) is 12.6 Å². The van der Waals surface area contributed by atoms with Gasteiger partial charge in [0.1, 0.15) is 11.8 Å². The molecule has 0 bridgehead atoms. The molecule has 0 fully saturated rings. The summed E-state index contributed by atoms with van der Waals surface area (Å²) in [6.45, 7) is 2.87. The molecular formula is C26H38N8O4. The van der Waals surface area contributed by atoms with E-state index in [1.165, 1.54) is 12.1 Å². The largest absolute Gasteiger partial charge is 0.508 e. The SMILES string of the molecule is CCN(CCc1ccccn1)C(=O)CNC(=O)[C@@H](CCCN=C(N)N)NC(=O)[C@@H](N)Cc1ccc(O)cc1. The van der Waals surface area contributed by atoms with Crippen LogP contribution in [-0.2, 0) is 27.2 Å². The summed E-state index contributed by atoms with van der Waals surface area (Å²) in [6, 6.07) is 10.1. The molecule has 0 aliphatic carbocycles. The Morgan fingerprint density at radius 3 is 2.47 bits per heavy atom. The van der Waals surface area contributed by atoms with Crippen LogP contribution in [0.3, 0.4) is 0 Å². The number of aliphatic imine (C=N–C) groups is 1. The normalized spacial score (nSPS) is 12.2. The third-order valence-electron chi connectivity index (χ3n) is 5.82. The molecule has 0 radical (unpaired) electrons. The van der Waals surface area contributed by atoms with Crippen LogP contribution in [0.2, 0.25) is 0 Å². The highest BCUT2D eigenvalue weighted by Crippen LogP contribution is 2.11. The first-order valence-electron chi connectivity index (χ1n) is 12.5. The van der Waals surface area contributed by atoms with Crippen molar-refractivity contribution in [2.45, 2.75) is 44.7 Å². The van der Waals surface area contributed by atoms with E-state index in [2.05, 4.69) is 20.6 Å².